The molecule has 5 atom stereocenters. The summed E-state index contributed by atoms with van der Waals surface area (Å²) in [6, 6.07) is 5.47. The Bertz CT molecular complexity index is 866. The summed E-state index contributed by atoms with van der Waals surface area (Å²) < 4.78 is 24.0. The molecule has 5 nitrogen and oxygen atoms in total. The van der Waals surface area contributed by atoms with Crippen molar-refractivity contribution in [3.63, 3.8) is 0 Å². The number of carbonyl (C=O) groups excluding carboxylic acids is 1. The van der Waals surface area contributed by atoms with E-state index in [2.05, 4.69) is 20.8 Å². The van der Waals surface area contributed by atoms with E-state index in [1.54, 1.807) is 13.2 Å². The summed E-state index contributed by atoms with van der Waals surface area (Å²) in [7, 11) is 1.07. The van der Waals surface area contributed by atoms with Crippen molar-refractivity contribution in [3.05, 3.63) is 29.3 Å². The van der Waals surface area contributed by atoms with Crippen LogP contribution in [-0.4, -0.2) is 42.8 Å². The number of esters is 1. The Balaban J connectivity index is 1.50. The predicted molar refractivity (Wildman–Crippen MR) is 122 cm³/mol. The first-order chi connectivity index (χ1) is 14.4. The lowest BCUT2D eigenvalue weighted by Gasteiger charge is -2.64. The van der Waals surface area contributed by atoms with Crippen LogP contribution in [0, 0.1) is 17.3 Å². The lowest BCUT2D eigenvalue weighted by molar-refractivity contribution is -0.199. The maximum atomic E-state index is 12.7. The fourth-order valence-electron chi connectivity index (χ4n) is 5.84. The molecule has 0 spiro atoms. The normalized spacial score (nSPS) is 32.1. The number of alkyl halides is 1. The molecular weight excluding hydrogens is 415 g/mol. The standard InChI is InChI=1S/C24H34BClO5/c1-22(2,3)29-21(27)16-10-8-9-14(20(16)28-7)11-19(26)25-30-18-13-15-12-17(23(15,4)5)24(18,6)31-25/h8-10,15,17-19H,11-13H2,1-7H3/t15-,17-,18+,19?,24-/m0/s1. The van der Waals surface area contributed by atoms with Gasteiger partial charge in [0.15, 0.2) is 0 Å². The molecule has 31 heavy (non-hydrogen) atoms. The molecule has 1 aromatic carbocycles. The summed E-state index contributed by atoms with van der Waals surface area (Å²) in [4.78, 5) is 12.7. The van der Waals surface area contributed by atoms with Gasteiger partial charge in [-0.3, -0.25) is 0 Å². The number of para-hydroxylation sites is 1. The van der Waals surface area contributed by atoms with Crippen LogP contribution in [0.5, 0.6) is 5.75 Å². The third kappa shape index (κ3) is 3.89. The number of benzene rings is 1. The van der Waals surface area contributed by atoms with Crippen molar-refractivity contribution in [2.24, 2.45) is 17.3 Å². The molecule has 1 aromatic rings. The molecule has 4 fully saturated rings. The fraction of sp³-hybridized carbons (Fsp3) is 0.708. The van der Waals surface area contributed by atoms with Crippen molar-refractivity contribution in [2.45, 2.75) is 83.4 Å². The third-order valence-corrected chi connectivity index (χ3v) is 7.96. The second-order valence-corrected chi connectivity index (χ2v) is 11.6. The SMILES string of the molecule is COc1c(CC(Cl)B2O[C@@H]3C[C@@H]4C[C@@H](C4(C)C)[C@]3(C)O2)cccc1C(=O)OC(C)(C)C. The first-order valence-corrected chi connectivity index (χ1v) is 11.7. The van der Waals surface area contributed by atoms with Gasteiger partial charge in [-0.2, -0.15) is 0 Å². The maximum Gasteiger partial charge on any atom is 0.477 e. The van der Waals surface area contributed by atoms with E-state index in [1.165, 1.54) is 6.42 Å². The molecule has 4 aliphatic rings. The molecular formula is C24H34BClO5. The second-order valence-electron chi connectivity index (χ2n) is 11.1. The van der Waals surface area contributed by atoms with E-state index in [1.807, 2.05) is 32.9 Å². The Kier molecular flexibility index (Phi) is 5.68. The van der Waals surface area contributed by atoms with Gasteiger partial charge in [0.25, 0.3) is 0 Å². The highest BCUT2D eigenvalue weighted by Gasteiger charge is 2.68. The number of hydrogen-bond acceptors (Lipinski definition) is 5. The van der Waals surface area contributed by atoms with Crippen molar-refractivity contribution in [3.8, 4) is 5.75 Å². The second kappa shape index (κ2) is 7.67. The molecule has 5 rings (SSSR count). The van der Waals surface area contributed by atoms with Gasteiger partial charge >= 0.3 is 13.1 Å². The Morgan fingerprint density at radius 3 is 2.61 bits per heavy atom. The fourth-order valence-corrected chi connectivity index (χ4v) is 6.12. The van der Waals surface area contributed by atoms with Crippen LogP contribution in [0.25, 0.3) is 0 Å². The average Bonchev–Trinajstić information content (AvgIpc) is 3.03. The minimum absolute atomic E-state index is 0.0884. The molecule has 2 bridgehead atoms. The zero-order valence-corrected chi connectivity index (χ0v) is 20.4. The Labute approximate surface area is 191 Å². The van der Waals surface area contributed by atoms with E-state index in [4.69, 9.17) is 30.4 Å². The summed E-state index contributed by atoms with van der Waals surface area (Å²) in [5.74, 6) is 1.26. The van der Waals surface area contributed by atoms with Gasteiger partial charge in [-0.25, -0.2) is 4.79 Å². The zero-order chi connectivity index (χ0) is 22.8. The predicted octanol–water partition coefficient (Wildman–Crippen LogP) is 5.07. The molecule has 3 saturated carbocycles. The molecule has 3 aliphatic carbocycles. The van der Waals surface area contributed by atoms with Crippen molar-refractivity contribution >= 4 is 24.7 Å². The van der Waals surface area contributed by atoms with E-state index < -0.39 is 24.0 Å². The smallest absolute Gasteiger partial charge is 0.477 e. The molecule has 0 amide bonds. The highest BCUT2D eigenvalue weighted by atomic mass is 35.5. The molecule has 1 heterocycles. The van der Waals surface area contributed by atoms with Gasteiger partial charge in [0.05, 0.1) is 24.1 Å². The van der Waals surface area contributed by atoms with Gasteiger partial charge < -0.3 is 18.8 Å². The van der Waals surface area contributed by atoms with Crippen molar-refractivity contribution in [1.82, 2.24) is 0 Å². The number of ether oxygens (including phenoxy) is 2. The monoisotopic (exact) mass is 448 g/mol. The van der Waals surface area contributed by atoms with Crippen molar-refractivity contribution in [1.29, 1.82) is 0 Å². The summed E-state index contributed by atoms with van der Waals surface area (Å²) >= 11 is 6.83. The van der Waals surface area contributed by atoms with Gasteiger partial charge in [0.1, 0.15) is 16.9 Å². The highest BCUT2D eigenvalue weighted by Crippen LogP contribution is 2.65. The minimum Gasteiger partial charge on any atom is -0.496 e. The lowest BCUT2D eigenvalue weighted by atomic mass is 9.43. The average molecular weight is 449 g/mol. The van der Waals surface area contributed by atoms with Gasteiger partial charge in [0.2, 0.25) is 0 Å². The van der Waals surface area contributed by atoms with E-state index >= 15 is 0 Å². The largest absolute Gasteiger partial charge is 0.496 e. The Hall–Kier alpha value is -1.24. The first kappa shape index (κ1) is 22.9. The molecule has 170 valence electrons. The summed E-state index contributed by atoms with van der Waals surface area (Å²) in [6.07, 6.45) is 2.78. The van der Waals surface area contributed by atoms with Crippen LogP contribution in [0.15, 0.2) is 18.2 Å². The molecule has 1 unspecified atom stereocenters. The van der Waals surface area contributed by atoms with Crippen LogP contribution in [0.3, 0.4) is 0 Å². The number of rotatable bonds is 5. The van der Waals surface area contributed by atoms with Gasteiger partial charge in [0, 0.05) is 0 Å². The Morgan fingerprint density at radius 1 is 1.29 bits per heavy atom. The molecule has 0 N–H and O–H groups in total. The Morgan fingerprint density at radius 2 is 2.00 bits per heavy atom. The van der Waals surface area contributed by atoms with Gasteiger partial charge in [-0.05, 0) is 75.8 Å². The van der Waals surface area contributed by atoms with E-state index in [0.29, 0.717) is 29.6 Å². The first-order valence-electron chi connectivity index (χ1n) is 11.2. The molecule has 1 aliphatic heterocycles. The molecule has 0 radical (unpaired) electrons. The topological polar surface area (TPSA) is 54.0 Å². The lowest BCUT2D eigenvalue weighted by Crippen LogP contribution is -2.65. The van der Waals surface area contributed by atoms with Crippen LogP contribution in [0.2, 0.25) is 0 Å². The van der Waals surface area contributed by atoms with Crippen molar-refractivity contribution in [2.75, 3.05) is 7.11 Å². The molecule has 1 saturated heterocycles. The van der Waals surface area contributed by atoms with Crippen molar-refractivity contribution < 1.29 is 23.6 Å². The van der Waals surface area contributed by atoms with Crippen LogP contribution in [0.4, 0.5) is 0 Å². The van der Waals surface area contributed by atoms with E-state index in [0.717, 1.165) is 12.0 Å². The van der Waals surface area contributed by atoms with Crippen LogP contribution < -0.4 is 4.74 Å². The van der Waals surface area contributed by atoms with E-state index in [9.17, 15) is 4.79 Å². The third-order valence-electron chi connectivity index (χ3n) is 7.60. The summed E-state index contributed by atoms with van der Waals surface area (Å²) in [5, 5.41) is -0.398. The molecule has 0 aromatic heterocycles. The van der Waals surface area contributed by atoms with Crippen LogP contribution in [-0.2, 0) is 20.5 Å². The van der Waals surface area contributed by atoms with E-state index in [-0.39, 0.29) is 17.1 Å². The minimum atomic E-state index is -0.584. The maximum absolute atomic E-state index is 12.7. The van der Waals surface area contributed by atoms with Gasteiger partial charge in [-0.1, -0.05) is 26.0 Å². The quantitative estimate of drug-likeness (QED) is 0.358. The van der Waals surface area contributed by atoms with Crippen LogP contribution >= 0.6 is 11.6 Å². The number of hydrogen-bond donors (Lipinski definition) is 0. The van der Waals surface area contributed by atoms with Gasteiger partial charge in [-0.15, -0.1) is 11.6 Å². The zero-order valence-electron chi connectivity index (χ0n) is 19.7. The number of methoxy groups -OCH3 is 1. The number of carbonyl (C=O) groups is 1. The highest BCUT2D eigenvalue weighted by molar-refractivity contribution is 6.60. The summed E-state index contributed by atoms with van der Waals surface area (Å²) in [6.45, 7) is 12.4. The summed E-state index contributed by atoms with van der Waals surface area (Å²) in [5.41, 5.74) is 0.645. The number of halogens is 1. The molecule has 7 heteroatoms. The van der Waals surface area contributed by atoms with Crippen LogP contribution in [0.1, 0.15) is 70.3 Å².